The molecule has 1 saturated heterocycles. The summed E-state index contributed by atoms with van der Waals surface area (Å²) in [5.74, 6) is 1.30. The fraction of sp³-hybridized carbons (Fsp3) is 0.400. The maximum absolute atomic E-state index is 9.14. The minimum absolute atomic E-state index is 0.280. The highest BCUT2D eigenvalue weighted by Gasteiger charge is 2.22. The first-order valence-corrected chi connectivity index (χ1v) is 6.69. The van der Waals surface area contributed by atoms with Crippen LogP contribution >= 0.6 is 0 Å². The van der Waals surface area contributed by atoms with Crippen molar-refractivity contribution in [2.24, 2.45) is 5.92 Å². The maximum Gasteiger partial charge on any atom is 0.151 e. The molecule has 1 aliphatic rings. The summed E-state index contributed by atoms with van der Waals surface area (Å²) in [4.78, 5) is 2.30. The van der Waals surface area contributed by atoms with Gasteiger partial charge in [0.1, 0.15) is 5.69 Å². The van der Waals surface area contributed by atoms with Crippen molar-refractivity contribution in [3.63, 3.8) is 0 Å². The van der Waals surface area contributed by atoms with Gasteiger partial charge < -0.3 is 9.63 Å². The Bertz CT molecular complexity index is 524. The van der Waals surface area contributed by atoms with Crippen molar-refractivity contribution < 1.29 is 9.63 Å². The Labute approximate surface area is 112 Å². The second-order valence-electron chi connectivity index (χ2n) is 5.12. The molecule has 4 nitrogen and oxygen atoms in total. The normalized spacial score (nSPS) is 19.9. The van der Waals surface area contributed by atoms with Crippen LogP contribution in [0.15, 0.2) is 40.9 Å². The monoisotopic (exact) mass is 258 g/mol. The third-order valence-corrected chi connectivity index (χ3v) is 3.64. The molecule has 0 bridgehead atoms. The zero-order chi connectivity index (χ0) is 13.1. The summed E-state index contributed by atoms with van der Waals surface area (Å²) in [5.41, 5.74) is 1.96. The van der Waals surface area contributed by atoms with E-state index in [0.29, 0.717) is 5.92 Å². The molecule has 3 rings (SSSR count). The fourth-order valence-electron chi connectivity index (χ4n) is 2.56. The first-order chi connectivity index (χ1) is 9.35. The van der Waals surface area contributed by atoms with Crippen LogP contribution in [-0.4, -0.2) is 34.9 Å². The Morgan fingerprint density at radius 2 is 2.16 bits per heavy atom. The molecule has 1 aromatic heterocycles. The van der Waals surface area contributed by atoms with Crippen LogP contribution in [0.4, 0.5) is 0 Å². The average molecular weight is 258 g/mol. The predicted molar refractivity (Wildman–Crippen MR) is 72.4 cm³/mol. The van der Waals surface area contributed by atoms with E-state index in [2.05, 4.69) is 10.1 Å². The summed E-state index contributed by atoms with van der Waals surface area (Å²) in [6.07, 6.45) is 1.07. The van der Waals surface area contributed by atoms with Crippen molar-refractivity contribution in [1.29, 1.82) is 0 Å². The quantitative estimate of drug-likeness (QED) is 0.913. The van der Waals surface area contributed by atoms with Gasteiger partial charge in [-0.1, -0.05) is 35.5 Å². The van der Waals surface area contributed by atoms with Gasteiger partial charge in [0.25, 0.3) is 0 Å². The van der Waals surface area contributed by atoms with Crippen LogP contribution in [0.2, 0.25) is 0 Å². The van der Waals surface area contributed by atoms with E-state index in [-0.39, 0.29) is 6.61 Å². The lowest BCUT2D eigenvalue weighted by Gasteiger charge is -2.12. The molecular formula is C15H18N2O2. The summed E-state index contributed by atoms with van der Waals surface area (Å²) >= 11 is 0. The number of hydrogen-bond acceptors (Lipinski definition) is 4. The van der Waals surface area contributed by atoms with E-state index in [1.54, 1.807) is 0 Å². The van der Waals surface area contributed by atoms with Crippen molar-refractivity contribution in [1.82, 2.24) is 10.1 Å². The molecule has 1 N–H and O–H groups in total. The van der Waals surface area contributed by atoms with Gasteiger partial charge >= 0.3 is 0 Å². The van der Waals surface area contributed by atoms with Gasteiger partial charge in [-0.2, -0.15) is 0 Å². The zero-order valence-electron chi connectivity index (χ0n) is 10.8. The largest absolute Gasteiger partial charge is 0.396 e. The molecule has 100 valence electrons. The van der Waals surface area contributed by atoms with Crippen LogP contribution in [0, 0.1) is 5.92 Å². The lowest BCUT2D eigenvalue weighted by molar-refractivity contribution is 0.213. The molecule has 19 heavy (non-hydrogen) atoms. The minimum atomic E-state index is 0.280. The molecule has 1 unspecified atom stereocenters. The highest BCUT2D eigenvalue weighted by molar-refractivity contribution is 5.58. The van der Waals surface area contributed by atoms with Gasteiger partial charge in [0.2, 0.25) is 0 Å². The highest BCUT2D eigenvalue weighted by Crippen LogP contribution is 2.22. The second-order valence-corrected chi connectivity index (χ2v) is 5.12. The SMILES string of the molecule is OCC1CCN(Cc2cc(-c3ccccc3)no2)C1. The Balaban J connectivity index is 1.66. The van der Waals surface area contributed by atoms with Gasteiger partial charge in [0, 0.05) is 24.8 Å². The zero-order valence-corrected chi connectivity index (χ0v) is 10.8. The van der Waals surface area contributed by atoms with Crippen LogP contribution in [0.5, 0.6) is 0 Å². The Morgan fingerprint density at radius 1 is 1.32 bits per heavy atom. The van der Waals surface area contributed by atoms with E-state index in [9.17, 15) is 0 Å². The number of aliphatic hydroxyl groups is 1. The summed E-state index contributed by atoms with van der Waals surface area (Å²) in [6, 6.07) is 12.0. The van der Waals surface area contributed by atoms with Crippen LogP contribution < -0.4 is 0 Å². The highest BCUT2D eigenvalue weighted by atomic mass is 16.5. The third-order valence-electron chi connectivity index (χ3n) is 3.64. The number of rotatable bonds is 4. The van der Waals surface area contributed by atoms with Gasteiger partial charge in [0.05, 0.1) is 6.54 Å². The van der Waals surface area contributed by atoms with Crippen molar-refractivity contribution in [3.8, 4) is 11.3 Å². The molecule has 1 aromatic carbocycles. The third kappa shape index (κ3) is 2.85. The maximum atomic E-state index is 9.14. The van der Waals surface area contributed by atoms with E-state index in [1.807, 2.05) is 36.4 Å². The van der Waals surface area contributed by atoms with Crippen LogP contribution in [0.25, 0.3) is 11.3 Å². The van der Waals surface area contributed by atoms with Crippen LogP contribution in [0.3, 0.4) is 0 Å². The van der Waals surface area contributed by atoms with E-state index < -0.39 is 0 Å². The van der Waals surface area contributed by atoms with E-state index in [4.69, 9.17) is 9.63 Å². The number of likely N-dealkylation sites (tertiary alicyclic amines) is 1. The van der Waals surface area contributed by atoms with Gasteiger partial charge in [-0.3, -0.25) is 4.90 Å². The summed E-state index contributed by atoms with van der Waals surface area (Å²) in [7, 11) is 0. The lowest BCUT2D eigenvalue weighted by atomic mass is 10.1. The summed E-state index contributed by atoms with van der Waals surface area (Å²) in [5, 5.41) is 13.3. The first-order valence-electron chi connectivity index (χ1n) is 6.69. The number of aliphatic hydroxyl groups excluding tert-OH is 1. The molecule has 1 atom stereocenters. The molecule has 2 aromatic rings. The van der Waals surface area contributed by atoms with Gasteiger partial charge in [-0.25, -0.2) is 0 Å². The van der Waals surface area contributed by atoms with Crippen LogP contribution in [-0.2, 0) is 6.54 Å². The van der Waals surface area contributed by atoms with Gasteiger partial charge in [-0.15, -0.1) is 0 Å². The smallest absolute Gasteiger partial charge is 0.151 e. The summed E-state index contributed by atoms with van der Waals surface area (Å²) < 4.78 is 5.40. The molecule has 1 aliphatic heterocycles. The molecule has 4 heteroatoms. The minimum Gasteiger partial charge on any atom is -0.396 e. The van der Waals surface area contributed by atoms with Crippen molar-refractivity contribution in [2.75, 3.05) is 19.7 Å². The molecule has 0 aliphatic carbocycles. The Hall–Kier alpha value is -1.65. The van der Waals surface area contributed by atoms with Crippen molar-refractivity contribution >= 4 is 0 Å². The van der Waals surface area contributed by atoms with Gasteiger partial charge in [0.15, 0.2) is 5.76 Å². The van der Waals surface area contributed by atoms with Crippen molar-refractivity contribution in [2.45, 2.75) is 13.0 Å². The molecule has 2 heterocycles. The Kier molecular flexibility index (Phi) is 3.62. The average Bonchev–Trinajstić information content (AvgIpc) is 3.09. The van der Waals surface area contributed by atoms with E-state index in [1.165, 1.54) is 0 Å². The molecule has 0 saturated carbocycles. The van der Waals surface area contributed by atoms with Gasteiger partial charge in [-0.05, 0) is 18.9 Å². The molecule has 0 radical (unpaired) electrons. The second kappa shape index (κ2) is 5.55. The first kappa shape index (κ1) is 12.4. The van der Waals surface area contributed by atoms with E-state index >= 15 is 0 Å². The molecule has 0 amide bonds. The van der Waals surface area contributed by atoms with Crippen molar-refractivity contribution in [3.05, 3.63) is 42.2 Å². The standard InChI is InChI=1S/C15H18N2O2/c18-11-12-6-7-17(9-12)10-14-8-15(16-19-14)13-4-2-1-3-5-13/h1-5,8,12,18H,6-7,9-11H2. The molecule has 0 spiro atoms. The fourth-order valence-corrected chi connectivity index (χ4v) is 2.56. The summed E-state index contributed by atoms with van der Waals surface area (Å²) in [6.45, 7) is 3.02. The lowest BCUT2D eigenvalue weighted by Crippen LogP contribution is -2.20. The molecular weight excluding hydrogens is 240 g/mol. The Morgan fingerprint density at radius 3 is 2.89 bits per heavy atom. The number of benzene rings is 1. The van der Waals surface area contributed by atoms with Crippen LogP contribution in [0.1, 0.15) is 12.2 Å². The number of aromatic nitrogens is 1. The number of hydrogen-bond donors (Lipinski definition) is 1. The van der Waals surface area contributed by atoms with E-state index in [0.717, 1.165) is 43.1 Å². The molecule has 1 fully saturated rings. The number of nitrogens with zero attached hydrogens (tertiary/aromatic N) is 2. The predicted octanol–water partition coefficient (Wildman–Crippen LogP) is 2.16. The topological polar surface area (TPSA) is 49.5 Å².